The molecule has 1 aromatic carbocycles. The Morgan fingerprint density at radius 1 is 1.21 bits per heavy atom. The Hall–Kier alpha value is -2.16. The highest BCUT2D eigenvalue weighted by Crippen LogP contribution is 2.41. The number of benzene rings is 1. The fourth-order valence-corrected chi connectivity index (χ4v) is 2.61. The summed E-state index contributed by atoms with van der Waals surface area (Å²) in [5.74, 6) is 2.15. The summed E-state index contributed by atoms with van der Waals surface area (Å²) in [6, 6.07) is 5.86. The van der Waals surface area contributed by atoms with Gasteiger partial charge in [-0.05, 0) is 30.4 Å². The second-order valence-electron chi connectivity index (χ2n) is 5.11. The Morgan fingerprint density at radius 2 is 2.00 bits per heavy atom. The van der Waals surface area contributed by atoms with Gasteiger partial charge in [-0.3, -0.25) is 0 Å². The highest BCUT2D eigenvalue weighted by Gasteiger charge is 2.35. The lowest BCUT2D eigenvalue weighted by atomic mass is 10.2. The predicted molar refractivity (Wildman–Crippen MR) is 75.0 cm³/mol. The highest BCUT2D eigenvalue weighted by atomic mass is 16.5. The van der Waals surface area contributed by atoms with E-state index in [-0.39, 0.29) is 0 Å². The van der Waals surface area contributed by atoms with Gasteiger partial charge in [-0.25, -0.2) is 9.97 Å². The van der Waals surface area contributed by atoms with Gasteiger partial charge in [0, 0.05) is 0 Å². The molecular weight excluding hydrogens is 236 g/mol. The predicted octanol–water partition coefficient (Wildman–Crippen LogP) is 1.41. The van der Waals surface area contributed by atoms with E-state index in [4.69, 9.17) is 14.7 Å². The number of hydrogen-bond acceptors (Lipinski definition) is 3. The summed E-state index contributed by atoms with van der Waals surface area (Å²) in [5, 5.41) is 2.02. The Kier molecular flexibility index (Phi) is 2.21. The standard InChI is InChI=1S/C16H14N2O/c1-2-6-19-15-5-3-4-12-16(15)18-14-9-11-7-10(11)8-13(14)17-12/h2-5,8-11H,1,6-7H2. The lowest BCUT2D eigenvalue weighted by Gasteiger charge is -2.07. The van der Waals surface area contributed by atoms with Gasteiger partial charge < -0.3 is 4.74 Å². The molecule has 0 amide bonds. The average Bonchev–Trinajstić information content (AvgIpc) is 3.18. The van der Waals surface area contributed by atoms with E-state index in [0.29, 0.717) is 18.4 Å². The first kappa shape index (κ1) is 10.7. The quantitative estimate of drug-likeness (QED) is 0.772. The molecule has 0 bridgehead atoms. The Balaban J connectivity index is 1.96. The Labute approximate surface area is 111 Å². The van der Waals surface area contributed by atoms with Gasteiger partial charge >= 0.3 is 0 Å². The molecule has 0 aliphatic heterocycles. The van der Waals surface area contributed by atoms with E-state index in [9.17, 15) is 0 Å². The van der Waals surface area contributed by atoms with Crippen LogP contribution >= 0.6 is 0 Å². The summed E-state index contributed by atoms with van der Waals surface area (Å²) in [5.41, 5.74) is 1.73. The van der Waals surface area contributed by atoms with E-state index in [1.54, 1.807) is 6.08 Å². The van der Waals surface area contributed by atoms with Gasteiger partial charge in [-0.15, -0.1) is 0 Å². The fraction of sp³-hybridized carbons (Fsp3) is 0.250. The lowest BCUT2D eigenvalue weighted by molar-refractivity contribution is 0.366. The zero-order chi connectivity index (χ0) is 12.8. The van der Waals surface area contributed by atoms with Crippen LogP contribution in [0.2, 0.25) is 0 Å². The summed E-state index contributed by atoms with van der Waals surface area (Å²) in [6.07, 6.45) is 7.48. The first-order valence-corrected chi connectivity index (χ1v) is 6.59. The molecule has 0 radical (unpaired) electrons. The minimum absolute atomic E-state index is 0.485. The van der Waals surface area contributed by atoms with E-state index < -0.39 is 0 Å². The van der Waals surface area contributed by atoms with Crippen LogP contribution in [0, 0.1) is 11.8 Å². The van der Waals surface area contributed by atoms with Crippen molar-refractivity contribution >= 4 is 23.2 Å². The maximum atomic E-state index is 5.65. The van der Waals surface area contributed by atoms with Crippen molar-refractivity contribution in [3.63, 3.8) is 0 Å². The lowest BCUT2D eigenvalue weighted by Crippen LogP contribution is -2.33. The first-order chi connectivity index (χ1) is 9.35. The van der Waals surface area contributed by atoms with Crippen LogP contribution in [-0.2, 0) is 0 Å². The van der Waals surface area contributed by atoms with Gasteiger partial charge in [-0.1, -0.05) is 30.9 Å². The molecule has 1 aromatic heterocycles. The fourth-order valence-electron chi connectivity index (χ4n) is 2.61. The van der Waals surface area contributed by atoms with Crippen molar-refractivity contribution in [3.8, 4) is 5.75 Å². The summed E-state index contributed by atoms with van der Waals surface area (Å²) in [7, 11) is 0. The zero-order valence-electron chi connectivity index (χ0n) is 10.5. The van der Waals surface area contributed by atoms with E-state index in [1.165, 1.54) is 6.42 Å². The van der Waals surface area contributed by atoms with Gasteiger partial charge in [0.25, 0.3) is 0 Å². The topological polar surface area (TPSA) is 35.0 Å². The molecule has 0 spiro atoms. The number of fused-ring (bicyclic) bond motifs is 3. The molecular formula is C16H14N2O. The zero-order valence-corrected chi connectivity index (χ0v) is 10.5. The number of nitrogens with zero attached hydrogens (tertiary/aromatic N) is 2. The van der Waals surface area contributed by atoms with Crippen LogP contribution in [0.3, 0.4) is 0 Å². The minimum atomic E-state index is 0.485. The normalized spacial score (nSPS) is 22.7. The van der Waals surface area contributed by atoms with Crippen molar-refractivity contribution < 1.29 is 4.74 Å². The summed E-state index contributed by atoms with van der Waals surface area (Å²) < 4.78 is 5.65. The second-order valence-corrected chi connectivity index (χ2v) is 5.11. The third-order valence-electron chi connectivity index (χ3n) is 3.71. The van der Waals surface area contributed by atoms with Crippen LogP contribution in [0.5, 0.6) is 5.75 Å². The van der Waals surface area contributed by atoms with Crippen molar-refractivity contribution in [2.45, 2.75) is 6.42 Å². The first-order valence-electron chi connectivity index (χ1n) is 6.59. The van der Waals surface area contributed by atoms with Crippen molar-refractivity contribution in [2.75, 3.05) is 6.61 Å². The maximum absolute atomic E-state index is 5.65. The minimum Gasteiger partial charge on any atom is -0.487 e. The van der Waals surface area contributed by atoms with Gasteiger partial charge in [-0.2, -0.15) is 0 Å². The molecule has 0 saturated heterocycles. The number of aromatic nitrogens is 2. The number of rotatable bonds is 3. The third-order valence-corrected chi connectivity index (χ3v) is 3.71. The van der Waals surface area contributed by atoms with Crippen molar-refractivity contribution in [1.82, 2.24) is 9.97 Å². The molecule has 4 rings (SSSR count). The molecule has 2 aromatic rings. The maximum Gasteiger partial charge on any atom is 0.147 e. The third kappa shape index (κ3) is 1.73. The number of hydrogen-bond donors (Lipinski definition) is 0. The smallest absolute Gasteiger partial charge is 0.147 e. The van der Waals surface area contributed by atoms with E-state index in [2.05, 4.69) is 18.7 Å². The van der Waals surface area contributed by atoms with Crippen LogP contribution in [-0.4, -0.2) is 16.6 Å². The van der Waals surface area contributed by atoms with E-state index in [0.717, 1.165) is 27.5 Å². The van der Waals surface area contributed by atoms with Crippen molar-refractivity contribution in [1.29, 1.82) is 0 Å². The largest absolute Gasteiger partial charge is 0.487 e. The molecule has 3 heteroatoms. The van der Waals surface area contributed by atoms with Crippen molar-refractivity contribution in [3.05, 3.63) is 41.6 Å². The van der Waals surface area contributed by atoms with Gasteiger partial charge in [0.15, 0.2) is 0 Å². The average molecular weight is 250 g/mol. The molecule has 19 heavy (non-hydrogen) atoms. The van der Waals surface area contributed by atoms with Crippen LogP contribution in [0.4, 0.5) is 0 Å². The highest BCUT2D eigenvalue weighted by molar-refractivity contribution is 5.81. The molecule has 1 fully saturated rings. The second kappa shape index (κ2) is 3.92. The molecule has 2 aliphatic carbocycles. The van der Waals surface area contributed by atoms with Crippen molar-refractivity contribution in [2.24, 2.45) is 11.8 Å². The van der Waals surface area contributed by atoms with Gasteiger partial charge in [0.05, 0.1) is 16.2 Å². The summed E-state index contributed by atoms with van der Waals surface area (Å²) in [4.78, 5) is 9.44. The van der Waals surface area contributed by atoms with Crippen LogP contribution in [0.1, 0.15) is 6.42 Å². The van der Waals surface area contributed by atoms with Gasteiger partial charge in [0.2, 0.25) is 0 Å². The molecule has 2 unspecified atom stereocenters. The molecule has 3 nitrogen and oxygen atoms in total. The Morgan fingerprint density at radius 3 is 2.79 bits per heavy atom. The van der Waals surface area contributed by atoms with Gasteiger partial charge in [0.1, 0.15) is 17.9 Å². The molecule has 1 saturated carbocycles. The number of para-hydroxylation sites is 1. The molecule has 2 atom stereocenters. The molecule has 94 valence electrons. The summed E-state index contributed by atoms with van der Waals surface area (Å²) in [6.45, 7) is 4.15. The van der Waals surface area contributed by atoms with Crippen LogP contribution in [0.15, 0.2) is 30.9 Å². The van der Waals surface area contributed by atoms with Crippen LogP contribution in [0.25, 0.3) is 23.2 Å². The van der Waals surface area contributed by atoms with E-state index >= 15 is 0 Å². The SMILES string of the molecule is C=CCOc1cccc2nc3c(nc12)=CC1CC1C=3. The number of ether oxygens (including phenoxy) is 1. The molecule has 2 aliphatic rings. The molecule has 1 heterocycles. The summed E-state index contributed by atoms with van der Waals surface area (Å²) >= 11 is 0. The Bertz CT molecular complexity index is 794. The molecule has 0 N–H and O–H groups in total. The van der Waals surface area contributed by atoms with Crippen LogP contribution < -0.4 is 15.4 Å². The van der Waals surface area contributed by atoms with E-state index in [1.807, 2.05) is 18.2 Å². The monoisotopic (exact) mass is 250 g/mol.